The van der Waals surface area contributed by atoms with Crippen molar-refractivity contribution in [1.82, 2.24) is 16.0 Å². The molecule has 2 amide bonds. The third kappa shape index (κ3) is 4.91. The van der Waals surface area contributed by atoms with Gasteiger partial charge >= 0.3 is 0 Å². The van der Waals surface area contributed by atoms with Gasteiger partial charge < -0.3 is 14.6 Å². The summed E-state index contributed by atoms with van der Waals surface area (Å²) >= 11 is 0. The molecule has 0 aliphatic rings. The van der Waals surface area contributed by atoms with Crippen molar-refractivity contribution in [2.24, 2.45) is 0 Å². The molecule has 1 aromatic heterocycles. The Morgan fingerprint density at radius 1 is 1.07 bits per heavy atom. The van der Waals surface area contributed by atoms with Gasteiger partial charge in [-0.25, -0.2) is 5.48 Å². The van der Waals surface area contributed by atoms with E-state index in [1.807, 2.05) is 54.6 Å². The predicted molar refractivity (Wildman–Crippen MR) is 108 cm³/mol. The van der Waals surface area contributed by atoms with Crippen molar-refractivity contribution in [1.29, 1.82) is 0 Å². The number of nitrogens with one attached hydrogen (secondary N) is 2. The van der Waals surface area contributed by atoms with E-state index in [1.165, 1.54) is 12.4 Å². The molecule has 0 saturated carbocycles. The Kier molecular flexibility index (Phi) is 6.61. The lowest BCUT2D eigenvalue weighted by Crippen LogP contribution is -2.56. The molecule has 30 heavy (non-hydrogen) atoms. The van der Waals surface area contributed by atoms with Crippen LogP contribution in [0.1, 0.15) is 23.9 Å². The Balaban J connectivity index is 1.66. The molecule has 0 radical (unpaired) electrons. The molecule has 0 aliphatic heterocycles. The maximum absolute atomic E-state index is 12.6. The summed E-state index contributed by atoms with van der Waals surface area (Å²) in [6.07, 6.45) is 0. The molecule has 3 aromatic rings. The lowest BCUT2D eigenvalue weighted by molar-refractivity contribution is -0.166. The van der Waals surface area contributed by atoms with Crippen molar-refractivity contribution < 1.29 is 24.1 Å². The summed E-state index contributed by atoms with van der Waals surface area (Å²) in [7, 11) is 0. The Labute approximate surface area is 173 Å². The highest BCUT2D eigenvalue weighted by molar-refractivity contribution is 6.07. The summed E-state index contributed by atoms with van der Waals surface area (Å²) < 4.78 is 10.6. The number of benzene rings is 2. The standard InChI is InChI=1S/C22H23N3O5/c1-15-12-19(25-30-15)13-23-20(26)22(2,21(27)24-28)29-14-16-8-10-18(11-9-16)17-6-4-3-5-7-17/h3-12,28H,13-14H2,1-2H3,(H,23,26)(H,24,27). The molecule has 1 unspecified atom stereocenters. The highest BCUT2D eigenvalue weighted by Gasteiger charge is 2.42. The van der Waals surface area contributed by atoms with Crippen LogP contribution in [0.25, 0.3) is 11.1 Å². The minimum atomic E-state index is -1.94. The molecule has 0 spiro atoms. The molecule has 1 atom stereocenters. The van der Waals surface area contributed by atoms with Gasteiger partial charge in [-0.15, -0.1) is 0 Å². The lowest BCUT2D eigenvalue weighted by atomic mass is 10.0. The fraction of sp³-hybridized carbons (Fsp3) is 0.227. The number of aromatic nitrogens is 1. The van der Waals surface area contributed by atoms with Crippen LogP contribution in [-0.4, -0.2) is 27.8 Å². The number of carbonyl (C=O) groups excluding carboxylic acids is 2. The minimum absolute atomic E-state index is 0.00449. The van der Waals surface area contributed by atoms with Crippen LogP contribution in [0.2, 0.25) is 0 Å². The number of ether oxygens (including phenoxy) is 1. The van der Waals surface area contributed by atoms with Gasteiger partial charge in [0.2, 0.25) is 5.60 Å². The van der Waals surface area contributed by atoms with E-state index in [0.717, 1.165) is 16.7 Å². The lowest BCUT2D eigenvalue weighted by Gasteiger charge is -2.26. The maximum Gasteiger partial charge on any atom is 0.285 e. The summed E-state index contributed by atoms with van der Waals surface area (Å²) in [4.78, 5) is 24.8. The summed E-state index contributed by atoms with van der Waals surface area (Å²) in [6.45, 7) is 3.07. The van der Waals surface area contributed by atoms with E-state index in [-0.39, 0.29) is 13.2 Å². The molecular formula is C22H23N3O5. The van der Waals surface area contributed by atoms with Gasteiger partial charge in [-0.2, -0.15) is 0 Å². The molecular weight excluding hydrogens is 386 g/mol. The van der Waals surface area contributed by atoms with Crippen molar-refractivity contribution in [3.63, 3.8) is 0 Å². The number of amides is 2. The Morgan fingerprint density at radius 2 is 1.73 bits per heavy atom. The zero-order valence-corrected chi connectivity index (χ0v) is 16.7. The average Bonchev–Trinajstić information content (AvgIpc) is 3.21. The van der Waals surface area contributed by atoms with Gasteiger partial charge in [-0.3, -0.25) is 14.8 Å². The second-order valence-electron chi connectivity index (χ2n) is 6.94. The van der Waals surface area contributed by atoms with Crippen molar-refractivity contribution in [2.75, 3.05) is 0 Å². The predicted octanol–water partition coefficient (Wildman–Crippen LogP) is 2.75. The zero-order valence-electron chi connectivity index (χ0n) is 16.7. The highest BCUT2D eigenvalue weighted by Crippen LogP contribution is 2.21. The average molecular weight is 409 g/mol. The van der Waals surface area contributed by atoms with E-state index in [1.54, 1.807) is 13.0 Å². The van der Waals surface area contributed by atoms with Crippen LogP contribution in [0.5, 0.6) is 0 Å². The number of rotatable bonds is 8. The van der Waals surface area contributed by atoms with Gasteiger partial charge in [0.1, 0.15) is 11.5 Å². The molecule has 0 bridgehead atoms. The molecule has 0 saturated heterocycles. The van der Waals surface area contributed by atoms with E-state index in [9.17, 15) is 9.59 Å². The quantitative estimate of drug-likeness (QED) is 0.299. The number of hydrogen-bond acceptors (Lipinski definition) is 6. The molecule has 8 nitrogen and oxygen atoms in total. The molecule has 3 rings (SSSR count). The van der Waals surface area contributed by atoms with Gasteiger partial charge in [0.05, 0.1) is 13.2 Å². The van der Waals surface area contributed by atoms with Crippen molar-refractivity contribution in [2.45, 2.75) is 32.6 Å². The molecule has 8 heteroatoms. The Bertz CT molecular complexity index is 1000. The first kappa shape index (κ1) is 21.2. The number of carbonyl (C=O) groups is 2. The Morgan fingerprint density at radius 3 is 2.33 bits per heavy atom. The molecule has 0 fully saturated rings. The largest absolute Gasteiger partial charge is 0.361 e. The second-order valence-corrected chi connectivity index (χ2v) is 6.94. The molecule has 1 heterocycles. The van der Waals surface area contributed by atoms with Gasteiger partial charge in [-0.05, 0) is 30.5 Å². The van der Waals surface area contributed by atoms with Gasteiger partial charge in [0.25, 0.3) is 11.8 Å². The number of hydrogen-bond donors (Lipinski definition) is 3. The molecule has 156 valence electrons. The monoisotopic (exact) mass is 409 g/mol. The van der Waals surface area contributed by atoms with Crippen molar-refractivity contribution >= 4 is 11.8 Å². The van der Waals surface area contributed by atoms with E-state index in [2.05, 4.69) is 10.5 Å². The SMILES string of the molecule is Cc1cc(CNC(=O)C(C)(OCc2ccc(-c3ccccc3)cc2)C(=O)NO)no1. The smallest absolute Gasteiger partial charge is 0.285 e. The summed E-state index contributed by atoms with van der Waals surface area (Å²) in [6, 6.07) is 19.1. The van der Waals surface area contributed by atoms with Crippen LogP contribution in [0.4, 0.5) is 0 Å². The summed E-state index contributed by atoms with van der Waals surface area (Å²) in [5.41, 5.74) is 2.95. The van der Waals surface area contributed by atoms with Gasteiger partial charge in [0.15, 0.2) is 0 Å². The van der Waals surface area contributed by atoms with E-state index in [0.29, 0.717) is 11.5 Å². The van der Waals surface area contributed by atoms with E-state index >= 15 is 0 Å². The first-order valence-electron chi connectivity index (χ1n) is 9.36. The van der Waals surface area contributed by atoms with Crippen LogP contribution in [0, 0.1) is 6.92 Å². The molecule has 3 N–H and O–H groups in total. The highest BCUT2D eigenvalue weighted by atomic mass is 16.5. The topological polar surface area (TPSA) is 114 Å². The third-order valence-corrected chi connectivity index (χ3v) is 4.66. The molecule has 2 aromatic carbocycles. The Hall–Kier alpha value is -3.49. The van der Waals surface area contributed by atoms with Crippen LogP contribution in [0.15, 0.2) is 65.2 Å². The van der Waals surface area contributed by atoms with E-state index in [4.69, 9.17) is 14.5 Å². The van der Waals surface area contributed by atoms with Gasteiger partial charge in [-0.1, -0.05) is 59.8 Å². The normalized spacial score (nSPS) is 12.8. The first-order chi connectivity index (χ1) is 14.4. The van der Waals surface area contributed by atoms with Crippen LogP contribution in [-0.2, 0) is 27.5 Å². The number of aryl methyl sites for hydroxylation is 1. The summed E-state index contributed by atoms with van der Waals surface area (Å²) in [5, 5.41) is 15.4. The van der Waals surface area contributed by atoms with Crippen molar-refractivity contribution in [3.8, 4) is 11.1 Å². The van der Waals surface area contributed by atoms with Crippen LogP contribution < -0.4 is 10.8 Å². The summed E-state index contributed by atoms with van der Waals surface area (Å²) in [5.74, 6) is -1.09. The minimum Gasteiger partial charge on any atom is -0.361 e. The van der Waals surface area contributed by atoms with E-state index < -0.39 is 17.4 Å². The fourth-order valence-corrected chi connectivity index (χ4v) is 2.83. The number of nitrogens with zero attached hydrogens (tertiary/aromatic N) is 1. The zero-order chi connectivity index (χ0) is 21.6. The van der Waals surface area contributed by atoms with Gasteiger partial charge in [0, 0.05) is 6.07 Å². The van der Waals surface area contributed by atoms with Crippen LogP contribution >= 0.6 is 0 Å². The third-order valence-electron chi connectivity index (χ3n) is 4.66. The van der Waals surface area contributed by atoms with Crippen molar-refractivity contribution in [3.05, 3.63) is 77.7 Å². The maximum atomic E-state index is 12.6. The fourth-order valence-electron chi connectivity index (χ4n) is 2.83. The molecule has 0 aliphatic carbocycles. The second kappa shape index (κ2) is 9.34. The number of hydroxylamine groups is 1. The van der Waals surface area contributed by atoms with Crippen LogP contribution in [0.3, 0.4) is 0 Å². The first-order valence-corrected chi connectivity index (χ1v) is 9.36.